The summed E-state index contributed by atoms with van der Waals surface area (Å²) in [6, 6.07) is 4.17. The van der Waals surface area contributed by atoms with Crippen LogP contribution in [0.2, 0.25) is 0 Å². The predicted octanol–water partition coefficient (Wildman–Crippen LogP) is 1.27. The zero-order chi connectivity index (χ0) is 11.3. The molecular weight excluding hydrogens is 188 g/mol. The fourth-order valence-corrected chi connectivity index (χ4v) is 1.73. The Morgan fingerprint density at radius 3 is 2.60 bits per heavy atom. The van der Waals surface area contributed by atoms with E-state index in [2.05, 4.69) is 19.1 Å². The highest BCUT2D eigenvalue weighted by molar-refractivity contribution is 5.57. The van der Waals surface area contributed by atoms with E-state index in [0.717, 1.165) is 24.1 Å². The van der Waals surface area contributed by atoms with Crippen molar-refractivity contribution >= 4 is 5.69 Å². The van der Waals surface area contributed by atoms with Crippen LogP contribution in [0.1, 0.15) is 16.7 Å². The van der Waals surface area contributed by atoms with E-state index < -0.39 is 0 Å². The van der Waals surface area contributed by atoms with Gasteiger partial charge < -0.3 is 16.2 Å². The number of nitrogens with two attached hydrogens (primary N) is 2. The summed E-state index contributed by atoms with van der Waals surface area (Å²) in [7, 11) is 1.70. The molecule has 0 aliphatic rings. The van der Waals surface area contributed by atoms with Gasteiger partial charge in [-0.05, 0) is 43.0 Å². The molecule has 0 heterocycles. The summed E-state index contributed by atoms with van der Waals surface area (Å²) < 4.78 is 5.08. The Bertz CT molecular complexity index is 324. The fraction of sp³-hybridized carbons (Fsp3) is 0.500. The quantitative estimate of drug-likeness (QED) is 0.716. The van der Waals surface area contributed by atoms with Crippen LogP contribution < -0.4 is 11.5 Å². The zero-order valence-corrected chi connectivity index (χ0v) is 9.55. The molecule has 0 radical (unpaired) electrons. The van der Waals surface area contributed by atoms with Gasteiger partial charge in [-0.25, -0.2) is 0 Å². The molecule has 0 aromatic heterocycles. The third-order valence-electron chi connectivity index (χ3n) is 2.65. The SMILES string of the molecule is COCCc1c(C)ccc(CCN)c1N. The maximum atomic E-state index is 6.10. The minimum atomic E-state index is 0.636. The van der Waals surface area contributed by atoms with Gasteiger partial charge >= 0.3 is 0 Å². The van der Waals surface area contributed by atoms with Crippen molar-refractivity contribution in [2.24, 2.45) is 5.73 Å². The second kappa shape index (κ2) is 5.73. The van der Waals surface area contributed by atoms with E-state index in [4.69, 9.17) is 16.2 Å². The lowest BCUT2D eigenvalue weighted by Gasteiger charge is -2.13. The monoisotopic (exact) mass is 208 g/mol. The fourth-order valence-electron chi connectivity index (χ4n) is 1.73. The third-order valence-corrected chi connectivity index (χ3v) is 2.65. The first-order chi connectivity index (χ1) is 7.20. The zero-order valence-electron chi connectivity index (χ0n) is 9.55. The summed E-state index contributed by atoms with van der Waals surface area (Å²) in [5, 5.41) is 0. The Morgan fingerprint density at radius 1 is 1.27 bits per heavy atom. The second-order valence-corrected chi connectivity index (χ2v) is 3.72. The highest BCUT2D eigenvalue weighted by Gasteiger charge is 2.07. The second-order valence-electron chi connectivity index (χ2n) is 3.72. The Morgan fingerprint density at radius 2 is 2.00 bits per heavy atom. The first-order valence-corrected chi connectivity index (χ1v) is 5.26. The first kappa shape index (κ1) is 12.0. The van der Waals surface area contributed by atoms with Gasteiger partial charge in [0.25, 0.3) is 0 Å². The van der Waals surface area contributed by atoms with Crippen molar-refractivity contribution in [2.75, 3.05) is 26.0 Å². The van der Waals surface area contributed by atoms with E-state index in [9.17, 15) is 0 Å². The van der Waals surface area contributed by atoms with Crippen LogP contribution >= 0.6 is 0 Å². The van der Waals surface area contributed by atoms with Crippen molar-refractivity contribution in [3.05, 3.63) is 28.8 Å². The van der Waals surface area contributed by atoms with Crippen LogP contribution in [0.5, 0.6) is 0 Å². The van der Waals surface area contributed by atoms with Crippen molar-refractivity contribution in [1.82, 2.24) is 0 Å². The highest BCUT2D eigenvalue weighted by atomic mass is 16.5. The summed E-state index contributed by atoms with van der Waals surface area (Å²) >= 11 is 0. The minimum absolute atomic E-state index is 0.636. The average Bonchev–Trinajstić information content (AvgIpc) is 2.22. The van der Waals surface area contributed by atoms with Crippen LogP contribution in [0, 0.1) is 6.92 Å². The molecule has 84 valence electrons. The number of nitrogen functional groups attached to an aromatic ring is 1. The van der Waals surface area contributed by atoms with Gasteiger partial charge in [0.2, 0.25) is 0 Å². The van der Waals surface area contributed by atoms with E-state index in [1.54, 1.807) is 7.11 Å². The van der Waals surface area contributed by atoms with Crippen LogP contribution in [0.4, 0.5) is 5.69 Å². The molecule has 0 saturated heterocycles. The molecule has 0 bridgehead atoms. The molecule has 0 saturated carbocycles. The van der Waals surface area contributed by atoms with Crippen LogP contribution in [-0.4, -0.2) is 20.3 Å². The molecule has 1 aromatic rings. The number of hydrogen-bond acceptors (Lipinski definition) is 3. The highest BCUT2D eigenvalue weighted by Crippen LogP contribution is 2.22. The molecule has 0 amide bonds. The molecule has 1 rings (SSSR count). The molecule has 0 fully saturated rings. The smallest absolute Gasteiger partial charge is 0.0503 e. The van der Waals surface area contributed by atoms with Gasteiger partial charge in [0.15, 0.2) is 0 Å². The van der Waals surface area contributed by atoms with Gasteiger partial charge in [-0.2, -0.15) is 0 Å². The Labute approximate surface area is 91.4 Å². The molecule has 3 heteroatoms. The number of ether oxygens (including phenoxy) is 1. The Balaban J connectivity index is 2.95. The predicted molar refractivity (Wildman–Crippen MR) is 63.9 cm³/mol. The number of aryl methyl sites for hydroxylation is 1. The number of benzene rings is 1. The number of rotatable bonds is 5. The lowest BCUT2D eigenvalue weighted by molar-refractivity contribution is 0.202. The van der Waals surface area contributed by atoms with E-state index in [-0.39, 0.29) is 0 Å². The van der Waals surface area contributed by atoms with Crippen molar-refractivity contribution in [1.29, 1.82) is 0 Å². The van der Waals surface area contributed by atoms with E-state index in [1.807, 2.05) is 0 Å². The minimum Gasteiger partial charge on any atom is -0.398 e. The molecule has 3 nitrogen and oxygen atoms in total. The molecule has 0 spiro atoms. The van der Waals surface area contributed by atoms with Gasteiger partial charge in [0.05, 0.1) is 6.61 Å². The number of hydrogen-bond donors (Lipinski definition) is 2. The first-order valence-electron chi connectivity index (χ1n) is 5.26. The Hall–Kier alpha value is -1.06. The van der Waals surface area contributed by atoms with Crippen LogP contribution in [0.3, 0.4) is 0 Å². The molecule has 0 atom stereocenters. The summed E-state index contributed by atoms with van der Waals surface area (Å²) in [4.78, 5) is 0. The van der Waals surface area contributed by atoms with E-state index in [1.165, 1.54) is 11.1 Å². The van der Waals surface area contributed by atoms with Crippen molar-refractivity contribution in [3.8, 4) is 0 Å². The Kier molecular flexibility index (Phi) is 4.59. The third kappa shape index (κ3) is 2.94. The van der Waals surface area contributed by atoms with Gasteiger partial charge in [0, 0.05) is 12.8 Å². The number of anilines is 1. The van der Waals surface area contributed by atoms with Crippen molar-refractivity contribution < 1.29 is 4.74 Å². The van der Waals surface area contributed by atoms with Crippen LogP contribution in [0.15, 0.2) is 12.1 Å². The molecule has 0 unspecified atom stereocenters. The molecular formula is C12H20N2O. The number of methoxy groups -OCH3 is 1. The summed E-state index contributed by atoms with van der Waals surface area (Å²) in [6.45, 7) is 3.42. The van der Waals surface area contributed by atoms with Gasteiger partial charge in [-0.3, -0.25) is 0 Å². The van der Waals surface area contributed by atoms with E-state index >= 15 is 0 Å². The largest absolute Gasteiger partial charge is 0.398 e. The van der Waals surface area contributed by atoms with Gasteiger partial charge in [-0.15, -0.1) is 0 Å². The lowest BCUT2D eigenvalue weighted by Crippen LogP contribution is -2.09. The van der Waals surface area contributed by atoms with Gasteiger partial charge in [0.1, 0.15) is 0 Å². The van der Waals surface area contributed by atoms with E-state index in [0.29, 0.717) is 13.2 Å². The molecule has 1 aromatic carbocycles. The standard InChI is InChI=1S/C12H20N2O/c1-9-3-4-10(5-7-13)12(14)11(9)6-8-15-2/h3-4H,5-8,13-14H2,1-2H3. The normalized spacial score (nSPS) is 10.6. The average molecular weight is 208 g/mol. The maximum Gasteiger partial charge on any atom is 0.0503 e. The molecule has 15 heavy (non-hydrogen) atoms. The summed E-state index contributed by atoms with van der Waals surface area (Å²) in [5.74, 6) is 0. The topological polar surface area (TPSA) is 61.3 Å². The van der Waals surface area contributed by atoms with Crippen LogP contribution in [0.25, 0.3) is 0 Å². The molecule has 0 aliphatic heterocycles. The summed E-state index contributed by atoms with van der Waals surface area (Å²) in [5.41, 5.74) is 16.1. The lowest BCUT2D eigenvalue weighted by atomic mass is 9.98. The molecule has 0 aliphatic carbocycles. The maximum absolute atomic E-state index is 6.10. The van der Waals surface area contributed by atoms with Crippen molar-refractivity contribution in [3.63, 3.8) is 0 Å². The molecule has 4 N–H and O–H groups in total. The van der Waals surface area contributed by atoms with Crippen LogP contribution in [-0.2, 0) is 17.6 Å². The van der Waals surface area contributed by atoms with Crippen molar-refractivity contribution in [2.45, 2.75) is 19.8 Å². The summed E-state index contributed by atoms with van der Waals surface area (Å²) in [6.07, 6.45) is 1.71. The van der Waals surface area contributed by atoms with Gasteiger partial charge in [-0.1, -0.05) is 12.1 Å².